The lowest BCUT2D eigenvalue weighted by Crippen LogP contribution is -2.31. The molecule has 0 aliphatic heterocycles. The molecule has 0 spiro atoms. The number of benzene rings is 1. The van der Waals surface area contributed by atoms with E-state index in [0.29, 0.717) is 10.6 Å². The van der Waals surface area contributed by atoms with Gasteiger partial charge >= 0.3 is 0 Å². The van der Waals surface area contributed by atoms with Gasteiger partial charge in [0, 0.05) is 16.0 Å². The topological polar surface area (TPSA) is 63.8 Å². The van der Waals surface area contributed by atoms with E-state index in [9.17, 15) is 4.39 Å². The number of hydrogen-bond acceptors (Lipinski definition) is 5. The summed E-state index contributed by atoms with van der Waals surface area (Å²) in [5.41, 5.74) is 3.68. The van der Waals surface area contributed by atoms with Crippen molar-refractivity contribution in [3.8, 4) is 0 Å². The van der Waals surface area contributed by atoms with Crippen molar-refractivity contribution in [1.29, 1.82) is 0 Å². The zero-order valence-corrected chi connectivity index (χ0v) is 13.0. The zero-order chi connectivity index (χ0) is 14.9. The molecule has 3 N–H and O–H groups in total. The Hall–Kier alpha value is -1.08. The maximum Gasteiger partial charge on any atom is 0.129 e. The second kappa shape index (κ2) is 5.73. The van der Waals surface area contributed by atoms with Crippen LogP contribution in [0.2, 0.25) is 5.02 Å². The Morgan fingerprint density at radius 1 is 1.40 bits per heavy atom. The highest BCUT2D eigenvalue weighted by molar-refractivity contribution is 7.05. The lowest BCUT2D eigenvalue weighted by Gasteiger charge is -2.22. The number of nitrogens with two attached hydrogens (primary N) is 1. The van der Waals surface area contributed by atoms with Gasteiger partial charge in [-0.15, -0.1) is 5.10 Å². The fourth-order valence-corrected chi connectivity index (χ4v) is 3.05. The molecule has 2 aromatic rings. The minimum atomic E-state index is -0.499. The van der Waals surface area contributed by atoms with E-state index >= 15 is 0 Å². The molecule has 4 nitrogen and oxygen atoms in total. The number of hydrogen-bond donors (Lipinski definition) is 2. The zero-order valence-electron chi connectivity index (χ0n) is 11.4. The highest BCUT2D eigenvalue weighted by Gasteiger charge is 2.29. The van der Waals surface area contributed by atoms with Gasteiger partial charge in [0.1, 0.15) is 5.82 Å². The number of aromatic nitrogens is 2. The molecule has 1 aromatic heterocycles. The normalized spacial score (nSPS) is 13.5. The van der Waals surface area contributed by atoms with E-state index < -0.39 is 11.9 Å². The van der Waals surface area contributed by atoms with E-state index in [4.69, 9.17) is 17.4 Å². The summed E-state index contributed by atoms with van der Waals surface area (Å²) in [5, 5.41) is 4.50. The number of hydrazine groups is 1. The first kappa shape index (κ1) is 15.3. The summed E-state index contributed by atoms with van der Waals surface area (Å²) >= 11 is 6.99. The summed E-state index contributed by atoms with van der Waals surface area (Å²) in [7, 11) is 0. The molecule has 0 fully saturated rings. The van der Waals surface area contributed by atoms with Gasteiger partial charge in [-0.2, -0.15) is 0 Å². The minimum Gasteiger partial charge on any atom is -0.271 e. The van der Waals surface area contributed by atoms with Crippen molar-refractivity contribution in [3.05, 3.63) is 45.2 Å². The van der Waals surface area contributed by atoms with Crippen molar-refractivity contribution in [3.63, 3.8) is 0 Å². The average Bonchev–Trinajstić information content (AvgIpc) is 2.81. The number of nitrogens with zero attached hydrogens (tertiary/aromatic N) is 2. The Bertz CT molecular complexity index is 609. The third kappa shape index (κ3) is 2.98. The molecule has 0 bridgehead atoms. The average molecular weight is 315 g/mol. The van der Waals surface area contributed by atoms with Crippen LogP contribution in [0.15, 0.2) is 18.2 Å². The van der Waals surface area contributed by atoms with E-state index in [1.807, 2.05) is 20.8 Å². The monoisotopic (exact) mass is 314 g/mol. The van der Waals surface area contributed by atoms with Crippen LogP contribution in [0, 0.1) is 5.82 Å². The summed E-state index contributed by atoms with van der Waals surface area (Å²) in [5.74, 6) is 5.21. The fraction of sp³-hybridized carbons (Fsp3) is 0.385. The Morgan fingerprint density at radius 2 is 2.10 bits per heavy atom. The third-order valence-electron chi connectivity index (χ3n) is 2.93. The van der Waals surface area contributed by atoms with Gasteiger partial charge in [0.05, 0.1) is 16.6 Å². The minimum absolute atomic E-state index is 0.194. The molecule has 0 aliphatic carbocycles. The van der Waals surface area contributed by atoms with E-state index in [1.54, 1.807) is 12.1 Å². The first-order chi connectivity index (χ1) is 9.34. The van der Waals surface area contributed by atoms with Gasteiger partial charge in [-0.3, -0.25) is 5.84 Å². The summed E-state index contributed by atoms with van der Waals surface area (Å²) in [6, 6.07) is 4.03. The molecule has 1 atom stereocenters. The second-order valence-corrected chi connectivity index (χ2v) is 6.72. The molecule has 0 radical (unpaired) electrons. The molecular weight excluding hydrogens is 299 g/mol. The summed E-state index contributed by atoms with van der Waals surface area (Å²) in [4.78, 5) is 0.807. The van der Waals surface area contributed by atoms with Gasteiger partial charge in [0.25, 0.3) is 0 Å². The SMILES string of the molecule is CC(C)(C)c1nnsc1C(NN)c1ccc(Cl)cc1F. The van der Waals surface area contributed by atoms with Gasteiger partial charge < -0.3 is 0 Å². The summed E-state index contributed by atoms with van der Waals surface area (Å²) < 4.78 is 18.1. The van der Waals surface area contributed by atoms with Crippen LogP contribution in [0.5, 0.6) is 0 Å². The molecule has 20 heavy (non-hydrogen) atoms. The molecule has 0 saturated carbocycles. The predicted molar refractivity (Wildman–Crippen MR) is 79.2 cm³/mol. The Morgan fingerprint density at radius 3 is 2.65 bits per heavy atom. The van der Waals surface area contributed by atoms with Crippen LogP contribution in [0.3, 0.4) is 0 Å². The standard InChI is InChI=1S/C13H16ClFN4S/c1-13(2,3)12-11(20-19-18-12)10(17-16)8-5-4-7(14)6-9(8)15/h4-6,10,17H,16H2,1-3H3. The lowest BCUT2D eigenvalue weighted by molar-refractivity contribution is 0.529. The summed E-state index contributed by atoms with van der Waals surface area (Å²) in [6.45, 7) is 6.08. The van der Waals surface area contributed by atoms with E-state index in [-0.39, 0.29) is 5.41 Å². The fourth-order valence-electron chi connectivity index (χ4n) is 1.95. The first-order valence-electron chi connectivity index (χ1n) is 6.08. The molecule has 0 saturated heterocycles. The van der Waals surface area contributed by atoms with Crippen molar-refractivity contribution in [2.24, 2.45) is 5.84 Å². The van der Waals surface area contributed by atoms with Crippen LogP contribution in [-0.2, 0) is 5.41 Å². The molecule has 1 heterocycles. The molecule has 1 aromatic carbocycles. The molecule has 2 rings (SSSR count). The first-order valence-corrected chi connectivity index (χ1v) is 7.23. The molecule has 108 valence electrons. The third-order valence-corrected chi connectivity index (χ3v) is 3.95. The largest absolute Gasteiger partial charge is 0.271 e. The van der Waals surface area contributed by atoms with Gasteiger partial charge in [-0.25, -0.2) is 9.82 Å². The van der Waals surface area contributed by atoms with Crippen molar-refractivity contribution < 1.29 is 4.39 Å². The quantitative estimate of drug-likeness (QED) is 0.674. The Kier molecular flexibility index (Phi) is 4.39. The Balaban J connectivity index is 2.51. The van der Waals surface area contributed by atoms with Gasteiger partial charge in [-0.05, 0) is 23.7 Å². The van der Waals surface area contributed by atoms with Crippen molar-refractivity contribution >= 4 is 23.1 Å². The van der Waals surface area contributed by atoms with Crippen LogP contribution in [-0.4, -0.2) is 9.59 Å². The van der Waals surface area contributed by atoms with Crippen LogP contribution in [0.4, 0.5) is 4.39 Å². The van der Waals surface area contributed by atoms with E-state index in [1.165, 1.54) is 17.6 Å². The van der Waals surface area contributed by atoms with Crippen molar-refractivity contribution in [2.45, 2.75) is 32.2 Å². The number of halogens is 2. The van der Waals surface area contributed by atoms with Gasteiger partial charge in [-0.1, -0.05) is 42.9 Å². The predicted octanol–water partition coefficient (Wildman–Crippen LogP) is 3.18. The molecular formula is C13H16ClFN4S. The van der Waals surface area contributed by atoms with Crippen LogP contribution < -0.4 is 11.3 Å². The van der Waals surface area contributed by atoms with Gasteiger partial charge in [0.15, 0.2) is 0 Å². The Labute approximate surface area is 126 Å². The van der Waals surface area contributed by atoms with Crippen molar-refractivity contribution in [2.75, 3.05) is 0 Å². The smallest absolute Gasteiger partial charge is 0.129 e. The highest BCUT2D eigenvalue weighted by Crippen LogP contribution is 2.34. The molecule has 0 amide bonds. The molecule has 7 heteroatoms. The van der Waals surface area contributed by atoms with E-state index in [2.05, 4.69) is 15.0 Å². The second-order valence-electron chi connectivity index (χ2n) is 5.50. The van der Waals surface area contributed by atoms with Crippen LogP contribution >= 0.6 is 23.1 Å². The van der Waals surface area contributed by atoms with Crippen LogP contribution in [0.1, 0.15) is 42.9 Å². The van der Waals surface area contributed by atoms with Crippen molar-refractivity contribution in [1.82, 2.24) is 15.0 Å². The number of nitrogens with one attached hydrogen (secondary N) is 1. The molecule has 0 aliphatic rings. The molecule has 1 unspecified atom stereocenters. The van der Waals surface area contributed by atoms with Crippen LogP contribution in [0.25, 0.3) is 0 Å². The van der Waals surface area contributed by atoms with Gasteiger partial charge in [0.2, 0.25) is 0 Å². The lowest BCUT2D eigenvalue weighted by atomic mass is 9.89. The number of rotatable bonds is 3. The van der Waals surface area contributed by atoms with E-state index in [0.717, 1.165) is 10.6 Å². The summed E-state index contributed by atoms with van der Waals surface area (Å²) in [6.07, 6.45) is 0. The maximum absolute atomic E-state index is 14.1. The highest BCUT2D eigenvalue weighted by atomic mass is 35.5. The maximum atomic E-state index is 14.1.